The Balaban J connectivity index is 2.58. The smallest absolute Gasteiger partial charge is 0.399 e. The second-order valence-corrected chi connectivity index (χ2v) is 4.56. The van der Waals surface area contributed by atoms with Gasteiger partial charge in [-0.15, -0.1) is 0 Å². The van der Waals surface area contributed by atoms with Gasteiger partial charge in [-0.1, -0.05) is 13.8 Å². The molecule has 20 heavy (non-hydrogen) atoms. The summed E-state index contributed by atoms with van der Waals surface area (Å²) in [6, 6.07) is 5.40. The quantitative estimate of drug-likeness (QED) is 0.875. The van der Waals surface area contributed by atoms with E-state index in [0.29, 0.717) is 12.1 Å². The molecule has 2 N–H and O–H groups in total. The Morgan fingerprint density at radius 2 is 1.80 bits per heavy atom. The maximum atomic E-state index is 12.8. The van der Waals surface area contributed by atoms with E-state index in [1.165, 1.54) is 10.7 Å². The van der Waals surface area contributed by atoms with Crippen LogP contribution in [0.25, 0.3) is 5.69 Å². The van der Waals surface area contributed by atoms with Gasteiger partial charge in [-0.05, 0) is 37.1 Å². The van der Waals surface area contributed by atoms with Crippen molar-refractivity contribution in [2.75, 3.05) is 5.73 Å². The molecule has 0 amide bonds. The minimum absolute atomic E-state index is 0.0745. The predicted molar refractivity (Wildman–Crippen MR) is 71.7 cm³/mol. The highest BCUT2D eigenvalue weighted by Gasteiger charge is 2.31. The maximum Gasteiger partial charge on any atom is 0.416 e. The molecular formula is C14H16F3N3. The fourth-order valence-electron chi connectivity index (χ4n) is 2.04. The average Bonchev–Trinajstić information content (AvgIpc) is 2.80. The summed E-state index contributed by atoms with van der Waals surface area (Å²) in [7, 11) is 0. The summed E-state index contributed by atoms with van der Waals surface area (Å²) in [6.45, 7) is 3.89. The van der Waals surface area contributed by atoms with E-state index in [1.54, 1.807) is 0 Å². The second-order valence-electron chi connectivity index (χ2n) is 4.56. The van der Waals surface area contributed by atoms with E-state index in [1.807, 2.05) is 19.9 Å². The minimum Gasteiger partial charge on any atom is -0.399 e. The van der Waals surface area contributed by atoms with Gasteiger partial charge in [0.1, 0.15) is 0 Å². The van der Waals surface area contributed by atoms with Gasteiger partial charge in [-0.2, -0.15) is 18.3 Å². The van der Waals surface area contributed by atoms with Crippen molar-refractivity contribution in [2.24, 2.45) is 0 Å². The highest BCUT2D eigenvalue weighted by Crippen LogP contribution is 2.32. The van der Waals surface area contributed by atoms with E-state index in [0.717, 1.165) is 29.9 Å². The molecule has 0 fully saturated rings. The molecular weight excluding hydrogens is 267 g/mol. The molecule has 1 aromatic carbocycles. The number of aryl methyl sites for hydroxylation is 2. The first-order valence-electron chi connectivity index (χ1n) is 6.41. The molecule has 0 aliphatic heterocycles. The van der Waals surface area contributed by atoms with Crippen molar-refractivity contribution in [1.29, 1.82) is 0 Å². The van der Waals surface area contributed by atoms with Crippen molar-refractivity contribution >= 4 is 5.69 Å². The van der Waals surface area contributed by atoms with Crippen LogP contribution in [0.2, 0.25) is 0 Å². The molecule has 0 bridgehead atoms. The Labute approximate surface area is 115 Å². The van der Waals surface area contributed by atoms with Crippen LogP contribution in [-0.4, -0.2) is 9.78 Å². The molecule has 0 spiro atoms. The summed E-state index contributed by atoms with van der Waals surface area (Å²) >= 11 is 0. The number of anilines is 1. The summed E-state index contributed by atoms with van der Waals surface area (Å²) in [5, 5.41) is 4.33. The fourth-order valence-corrected chi connectivity index (χ4v) is 2.04. The molecule has 2 rings (SSSR count). The number of rotatable bonds is 3. The molecule has 6 heteroatoms. The lowest BCUT2D eigenvalue weighted by Crippen LogP contribution is -2.09. The van der Waals surface area contributed by atoms with Crippen LogP contribution in [0.4, 0.5) is 18.9 Å². The summed E-state index contributed by atoms with van der Waals surface area (Å²) in [4.78, 5) is 0. The molecule has 0 atom stereocenters. The Hall–Kier alpha value is -1.98. The summed E-state index contributed by atoms with van der Waals surface area (Å²) in [5.41, 5.74) is 6.95. The molecule has 2 aromatic rings. The van der Waals surface area contributed by atoms with Crippen LogP contribution >= 0.6 is 0 Å². The van der Waals surface area contributed by atoms with Gasteiger partial charge in [-0.3, -0.25) is 0 Å². The number of aromatic nitrogens is 2. The van der Waals surface area contributed by atoms with Crippen molar-refractivity contribution in [2.45, 2.75) is 32.9 Å². The van der Waals surface area contributed by atoms with E-state index in [2.05, 4.69) is 5.10 Å². The van der Waals surface area contributed by atoms with E-state index in [9.17, 15) is 13.2 Å². The third-order valence-corrected chi connectivity index (χ3v) is 3.07. The SMILES string of the molecule is CCc1cc(CC)n(-c2cc(N)cc(C(F)(F)F)c2)n1. The third-order valence-electron chi connectivity index (χ3n) is 3.07. The van der Waals surface area contributed by atoms with Crippen LogP contribution in [0.15, 0.2) is 24.3 Å². The zero-order valence-corrected chi connectivity index (χ0v) is 11.3. The lowest BCUT2D eigenvalue weighted by molar-refractivity contribution is -0.137. The molecule has 0 aliphatic carbocycles. The minimum atomic E-state index is -4.42. The fraction of sp³-hybridized carbons (Fsp3) is 0.357. The normalized spacial score (nSPS) is 11.8. The first kappa shape index (κ1) is 14.4. The maximum absolute atomic E-state index is 12.8. The van der Waals surface area contributed by atoms with Crippen LogP contribution in [0, 0.1) is 0 Å². The Morgan fingerprint density at radius 1 is 1.10 bits per heavy atom. The average molecular weight is 283 g/mol. The Bertz CT molecular complexity index is 615. The number of benzene rings is 1. The Kier molecular flexibility index (Phi) is 3.74. The molecule has 0 unspecified atom stereocenters. The zero-order chi connectivity index (χ0) is 14.9. The number of halogens is 3. The Morgan fingerprint density at radius 3 is 2.35 bits per heavy atom. The number of nitrogen functional groups attached to an aromatic ring is 1. The second kappa shape index (κ2) is 5.19. The van der Waals surface area contributed by atoms with Gasteiger partial charge in [0.25, 0.3) is 0 Å². The number of alkyl halides is 3. The topological polar surface area (TPSA) is 43.8 Å². The lowest BCUT2D eigenvalue weighted by Gasteiger charge is -2.12. The predicted octanol–water partition coefficient (Wildman–Crippen LogP) is 3.60. The van der Waals surface area contributed by atoms with Gasteiger partial charge in [-0.25, -0.2) is 4.68 Å². The number of nitrogens with zero attached hydrogens (tertiary/aromatic N) is 2. The molecule has 0 radical (unpaired) electrons. The molecule has 0 aliphatic rings. The molecule has 1 aromatic heterocycles. The number of nitrogens with two attached hydrogens (primary N) is 1. The third kappa shape index (κ3) is 2.79. The number of hydrogen-bond donors (Lipinski definition) is 1. The van der Waals surface area contributed by atoms with Gasteiger partial charge in [0.05, 0.1) is 16.9 Å². The summed E-state index contributed by atoms with van der Waals surface area (Å²) in [6.07, 6.45) is -3.01. The van der Waals surface area contributed by atoms with E-state index < -0.39 is 11.7 Å². The largest absolute Gasteiger partial charge is 0.416 e. The zero-order valence-electron chi connectivity index (χ0n) is 11.3. The van der Waals surface area contributed by atoms with Crippen LogP contribution in [0.5, 0.6) is 0 Å². The van der Waals surface area contributed by atoms with E-state index >= 15 is 0 Å². The van der Waals surface area contributed by atoms with Gasteiger partial charge < -0.3 is 5.73 Å². The van der Waals surface area contributed by atoms with Crippen LogP contribution in [0.3, 0.4) is 0 Å². The van der Waals surface area contributed by atoms with Crippen molar-refractivity contribution in [3.05, 3.63) is 41.2 Å². The first-order chi connectivity index (χ1) is 9.35. The summed E-state index contributed by atoms with van der Waals surface area (Å²) < 4.78 is 40.0. The summed E-state index contributed by atoms with van der Waals surface area (Å²) in [5.74, 6) is 0. The van der Waals surface area contributed by atoms with Gasteiger partial charge in [0.2, 0.25) is 0 Å². The van der Waals surface area contributed by atoms with Crippen LogP contribution < -0.4 is 5.73 Å². The van der Waals surface area contributed by atoms with E-state index in [4.69, 9.17) is 5.73 Å². The van der Waals surface area contributed by atoms with Gasteiger partial charge in [0.15, 0.2) is 0 Å². The molecule has 0 saturated heterocycles. The molecule has 108 valence electrons. The van der Waals surface area contributed by atoms with E-state index in [-0.39, 0.29) is 5.69 Å². The molecule has 1 heterocycles. The van der Waals surface area contributed by atoms with Gasteiger partial charge >= 0.3 is 6.18 Å². The van der Waals surface area contributed by atoms with Crippen LogP contribution in [-0.2, 0) is 19.0 Å². The highest BCUT2D eigenvalue weighted by atomic mass is 19.4. The molecule has 0 saturated carbocycles. The van der Waals surface area contributed by atoms with Crippen LogP contribution in [0.1, 0.15) is 30.8 Å². The lowest BCUT2D eigenvalue weighted by atomic mass is 10.1. The van der Waals surface area contributed by atoms with Gasteiger partial charge in [0, 0.05) is 11.4 Å². The highest BCUT2D eigenvalue weighted by molar-refractivity contribution is 5.52. The molecule has 3 nitrogen and oxygen atoms in total. The first-order valence-corrected chi connectivity index (χ1v) is 6.41. The monoisotopic (exact) mass is 283 g/mol. The van der Waals surface area contributed by atoms with Crippen molar-refractivity contribution < 1.29 is 13.2 Å². The standard InChI is InChI=1S/C14H16F3N3/c1-3-11-8-12(4-2)20(19-11)13-6-9(14(15,16)17)5-10(18)7-13/h5-8H,3-4,18H2,1-2H3. The number of hydrogen-bond acceptors (Lipinski definition) is 2. The van der Waals surface area contributed by atoms with Crippen molar-refractivity contribution in [1.82, 2.24) is 9.78 Å². The van der Waals surface area contributed by atoms with Crippen molar-refractivity contribution in [3.63, 3.8) is 0 Å². The van der Waals surface area contributed by atoms with Crippen molar-refractivity contribution in [3.8, 4) is 5.69 Å².